The maximum atomic E-state index is 12.9. The van der Waals surface area contributed by atoms with Crippen molar-refractivity contribution in [2.75, 3.05) is 6.54 Å². The van der Waals surface area contributed by atoms with E-state index in [-0.39, 0.29) is 12.3 Å². The van der Waals surface area contributed by atoms with Crippen LogP contribution in [0, 0.1) is 12.3 Å². The summed E-state index contributed by atoms with van der Waals surface area (Å²) in [7, 11) is 0. The molecule has 0 aliphatic carbocycles. The predicted octanol–water partition coefficient (Wildman–Crippen LogP) is 3.17. The molecule has 25 heavy (non-hydrogen) atoms. The Labute approximate surface area is 148 Å². The molecule has 1 N–H and O–H groups in total. The maximum Gasteiger partial charge on any atom is 0.326 e. The SMILES string of the molecule is [C]#Cc1ccc(C(=O)N(CCC)[C@@H](Cc2ccccc2)C(=O)O)cc1. The number of rotatable bonds is 7. The molecule has 1 amide bonds. The van der Waals surface area contributed by atoms with Gasteiger partial charge in [-0.05, 0) is 42.7 Å². The average molecular weight is 334 g/mol. The third-order valence-electron chi connectivity index (χ3n) is 3.93. The Morgan fingerprint density at radius 2 is 1.76 bits per heavy atom. The molecule has 0 aliphatic heterocycles. The van der Waals surface area contributed by atoms with Gasteiger partial charge in [-0.1, -0.05) is 43.2 Å². The average Bonchev–Trinajstić information content (AvgIpc) is 2.64. The zero-order chi connectivity index (χ0) is 18.2. The Morgan fingerprint density at radius 3 is 2.28 bits per heavy atom. The Bertz CT molecular complexity index is 760. The molecule has 1 atom stereocenters. The molecule has 1 radical (unpaired) electrons. The topological polar surface area (TPSA) is 57.6 Å². The molecular formula is C21H20NO3. The second kappa shape index (κ2) is 8.70. The summed E-state index contributed by atoms with van der Waals surface area (Å²) in [6.45, 7) is 2.27. The van der Waals surface area contributed by atoms with Gasteiger partial charge in [-0.15, -0.1) is 0 Å². The lowest BCUT2D eigenvalue weighted by Crippen LogP contribution is -2.46. The Kier molecular flexibility index (Phi) is 6.36. The molecule has 0 bridgehead atoms. The van der Waals surface area contributed by atoms with Crippen molar-refractivity contribution in [3.05, 3.63) is 77.7 Å². The van der Waals surface area contributed by atoms with Gasteiger partial charge in [0.15, 0.2) is 0 Å². The van der Waals surface area contributed by atoms with E-state index < -0.39 is 12.0 Å². The van der Waals surface area contributed by atoms with Gasteiger partial charge in [0.2, 0.25) is 0 Å². The summed E-state index contributed by atoms with van der Waals surface area (Å²) in [5.74, 6) is 0.916. The number of carbonyl (C=O) groups is 2. The second-order valence-electron chi connectivity index (χ2n) is 5.74. The van der Waals surface area contributed by atoms with E-state index in [4.69, 9.17) is 6.42 Å². The Hall–Kier alpha value is -3.06. The van der Waals surface area contributed by atoms with Crippen LogP contribution in [0.5, 0.6) is 0 Å². The third-order valence-corrected chi connectivity index (χ3v) is 3.93. The summed E-state index contributed by atoms with van der Waals surface area (Å²) < 4.78 is 0. The van der Waals surface area contributed by atoms with Gasteiger partial charge < -0.3 is 10.0 Å². The van der Waals surface area contributed by atoms with E-state index in [1.165, 1.54) is 4.90 Å². The van der Waals surface area contributed by atoms with Crippen molar-refractivity contribution in [2.45, 2.75) is 25.8 Å². The molecule has 2 aromatic rings. The van der Waals surface area contributed by atoms with E-state index in [0.29, 0.717) is 24.1 Å². The van der Waals surface area contributed by atoms with Crippen LogP contribution in [-0.4, -0.2) is 34.5 Å². The quantitative estimate of drug-likeness (QED) is 0.791. The van der Waals surface area contributed by atoms with Crippen molar-refractivity contribution in [1.82, 2.24) is 4.90 Å². The smallest absolute Gasteiger partial charge is 0.326 e. The number of amides is 1. The zero-order valence-electron chi connectivity index (χ0n) is 14.1. The van der Waals surface area contributed by atoms with E-state index >= 15 is 0 Å². The number of hydrogen-bond donors (Lipinski definition) is 1. The summed E-state index contributed by atoms with van der Waals surface area (Å²) in [5.41, 5.74) is 1.85. The van der Waals surface area contributed by atoms with E-state index in [9.17, 15) is 14.7 Å². The molecule has 4 nitrogen and oxygen atoms in total. The van der Waals surface area contributed by atoms with Gasteiger partial charge in [0.05, 0.1) is 0 Å². The highest BCUT2D eigenvalue weighted by molar-refractivity contribution is 5.96. The molecule has 0 aliphatic rings. The van der Waals surface area contributed by atoms with Gasteiger partial charge in [0, 0.05) is 24.1 Å². The first-order valence-electron chi connectivity index (χ1n) is 8.17. The normalized spacial score (nSPS) is 11.4. The van der Waals surface area contributed by atoms with Gasteiger partial charge in [0.25, 0.3) is 5.91 Å². The minimum Gasteiger partial charge on any atom is -0.480 e. The highest BCUT2D eigenvalue weighted by Crippen LogP contribution is 2.15. The highest BCUT2D eigenvalue weighted by atomic mass is 16.4. The zero-order valence-corrected chi connectivity index (χ0v) is 14.1. The number of carbonyl (C=O) groups excluding carboxylic acids is 1. The fraction of sp³-hybridized carbons (Fsp3) is 0.238. The van der Waals surface area contributed by atoms with Crippen molar-refractivity contribution in [3.63, 3.8) is 0 Å². The first-order valence-corrected chi connectivity index (χ1v) is 8.17. The summed E-state index contributed by atoms with van der Waals surface area (Å²) in [6.07, 6.45) is 8.02. The minimum atomic E-state index is -1.02. The number of carboxylic acid groups (broad SMARTS) is 1. The van der Waals surface area contributed by atoms with Crippen LogP contribution in [0.3, 0.4) is 0 Å². The van der Waals surface area contributed by atoms with Crippen LogP contribution in [0.25, 0.3) is 0 Å². The molecule has 2 aromatic carbocycles. The van der Waals surface area contributed by atoms with Crippen LogP contribution in [0.1, 0.15) is 34.8 Å². The molecule has 0 saturated carbocycles. The lowest BCUT2D eigenvalue weighted by Gasteiger charge is -2.29. The standard InChI is InChI=1S/C21H20NO3/c1-3-14-22(20(23)18-12-10-16(4-2)11-13-18)19(21(24)25)15-17-8-6-5-7-9-17/h5-13,19H,3,14-15H2,1H3,(H,24,25)/t19-/m0/s1. The number of nitrogens with zero attached hydrogens (tertiary/aromatic N) is 1. The van der Waals surface area contributed by atoms with E-state index in [2.05, 4.69) is 5.92 Å². The molecule has 0 heterocycles. The first-order chi connectivity index (χ1) is 12.1. The lowest BCUT2D eigenvalue weighted by molar-refractivity contribution is -0.142. The van der Waals surface area contributed by atoms with E-state index in [1.807, 2.05) is 37.3 Å². The van der Waals surface area contributed by atoms with E-state index in [1.54, 1.807) is 24.3 Å². The molecule has 0 saturated heterocycles. The molecule has 127 valence electrons. The van der Waals surface area contributed by atoms with Crippen molar-refractivity contribution in [3.8, 4) is 5.92 Å². The molecule has 2 rings (SSSR count). The van der Waals surface area contributed by atoms with Gasteiger partial charge in [0.1, 0.15) is 6.04 Å². The van der Waals surface area contributed by atoms with Crippen molar-refractivity contribution in [1.29, 1.82) is 0 Å². The third kappa shape index (κ3) is 4.71. The minimum absolute atomic E-state index is 0.258. The van der Waals surface area contributed by atoms with Crippen LogP contribution in [0.15, 0.2) is 54.6 Å². The maximum absolute atomic E-state index is 12.9. The van der Waals surface area contributed by atoms with Crippen molar-refractivity contribution in [2.24, 2.45) is 0 Å². The lowest BCUT2D eigenvalue weighted by atomic mass is 10.0. The van der Waals surface area contributed by atoms with Crippen LogP contribution >= 0.6 is 0 Å². The predicted molar refractivity (Wildman–Crippen MR) is 95.6 cm³/mol. The fourth-order valence-electron chi connectivity index (χ4n) is 2.67. The highest BCUT2D eigenvalue weighted by Gasteiger charge is 2.29. The van der Waals surface area contributed by atoms with Gasteiger partial charge in [-0.25, -0.2) is 4.79 Å². The summed E-state index contributed by atoms with van der Waals surface area (Å²) >= 11 is 0. The van der Waals surface area contributed by atoms with Crippen LogP contribution < -0.4 is 0 Å². The summed E-state index contributed by atoms with van der Waals surface area (Å²) in [5, 5.41) is 9.68. The number of hydrogen-bond acceptors (Lipinski definition) is 2. The van der Waals surface area contributed by atoms with E-state index in [0.717, 1.165) is 5.56 Å². The van der Waals surface area contributed by atoms with Crippen LogP contribution in [0.4, 0.5) is 0 Å². The Morgan fingerprint density at radius 1 is 1.12 bits per heavy atom. The molecule has 0 aromatic heterocycles. The van der Waals surface area contributed by atoms with Crippen LogP contribution in [0.2, 0.25) is 0 Å². The summed E-state index contributed by atoms with van der Waals surface area (Å²) in [4.78, 5) is 26.1. The number of aliphatic carboxylic acids is 1. The molecular weight excluding hydrogens is 314 g/mol. The fourth-order valence-corrected chi connectivity index (χ4v) is 2.67. The molecule has 4 heteroatoms. The monoisotopic (exact) mass is 334 g/mol. The molecule has 0 fully saturated rings. The first kappa shape index (κ1) is 18.3. The summed E-state index contributed by atoms with van der Waals surface area (Å²) in [6, 6.07) is 14.8. The van der Waals surface area contributed by atoms with Gasteiger partial charge >= 0.3 is 5.97 Å². The van der Waals surface area contributed by atoms with Gasteiger partial charge in [-0.2, -0.15) is 0 Å². The van der Waals surface area contributed by atoms with Crippen LogP contribution in [-0.2, 0) is 11.2 Å². The number of benzene rings is 2. The van der Waals surface area contributed by atoms with Crippen molar-refractivity contribution < 1.29 is 14.7 Å². The molecule has 0 unspecified atom stereocenters. The van der Waals surface area contributed by atoms with Gasteiger partial charge in [-0.3, -0.25) is 4.79 Å². The molecule has 0 spiro atoms. The number of carboxylic acids is 1. The second-order valence-corrected chi connectivity index (χ2v) is 5.74. The Balaban J connectivity index is 2.29. The largest absolute Gasteiger partial charge is 0.480 e. The van der Waals surface area contributed by atoms with Crippen molar-refractivity contribution >= 4 is 11.9 Å².